The molecular formula is C6H10N6O4. The van der Waals surface area contributed by atoms with Crippen molar-refractivity contribution in [3.8, 4) is 0 Å². The van der Waals surface area contributed by atoms with Crippen molar-refractivity contribution in [2.75, 3.05) is 33.1 Å². The number of hydrogen-bond acceptors (Lipinski definition) is 6. The summed E-state index contributed by atoms with van der Waals surface area (Å²) in [7, 11) is 0. The van der Waals surface area contributed by atoms with E-state index in [1.807, 2.05) is 9.80 Å². The van der Waals surface area contributed by atoms with Crippen molar-refractivity contribution in [1.82, 2.24) is 19.8 Å². The van der Waals surface area contributed by atoms with Crippen molar-refractivity contribution in [1.29, 1.82) is 0 Å². The van der Waals surface area contributed by atoms with Gasteiger partial charge < -0.3 is 0 Å². The molecule has 1 spiro atoms. The Kier molecular flexibility index (Phi) is 1.61. The second-order valence-corrected chi connectivity index (χ2v) is 4.29. The van der Waals surface area contributed by atoms with Crippen LogP contribution < -0.4 is 0 Å². The first-order valence-electron chi connectivity index (χ1n) is 4.81. The minimum absolute atomic E-state index is 0.227. The van der Waals surface area contributed by atoms with E-state index in [0.29, 0.717) is 6.67 Å². The van der Waals surface area contributed by atoms with Gasteiger partial charge in [-0.25, -0.2) is 30.0 Å². The van der Waals surface area contributed by atoms with Crippen LogP contribution in [0.1, 0.15) is 0 Å². The van der Waals surface area contributed by atoms with E-state index < -0.39 is 15.7 Å². The fourth-order valence-electron chi connectivity index (χ4n) is 2.69. The predicted octanol–water partition coefficient (Wildman–Crippen LogP) is -1.81. The summed E-state index contributed by atoms with van der Waals surface area (Å²) in [5, 5.41) is 22.6. The lowest BCUT2D eigenvalue weighted by Gasteiger charge is -2.49. The fraction of sp³-hybridized carbons (Fsp3) is 1.00. The Morgan fingerprint density at radius 1 is 0.875 bits per heavy atom. The molecule has 0 N–H and O–H groups in total. The lowest BCUT2D eigenvalue weighted by molar-refractivity contribution is -0.655. The zero-order valence-electron chi connectivity index (χ0n) is 8.35. The molecule has 3 aliphatic heterocycles. The molecule has 0 aromatic rings. The van der Waals surface area contributed by atoms with Gasteiger partial charge in [0.1, 0.15) is 32.1 Å². The maximum Gasteiger partial charge on any atom is 0.161 e. The highest BCUT2D eigenvalue weighted by molar-refractivity contribution is 5.07. The van der Waals surface area contributed by atoms with Crippen molar-refractivity contribution in [2.45, 2.75) is 5.66 Å². The summed E-state index contributed by atoms with van der Waals surface area (Å²) in [4.78, 5) is 25.1. The SMILES string of the molecule is O=[N+]([O-])N1CN2CN3CN([N+](=O)[O-])CC23C1. The molecule has 0 aromatic heterocycles. The summed E-state index contributed by atoms with van der Waals surface area (Å²) in [6.45, 7) is 1.51. The lowest BCUT2D eigenvalue weighted by atomic mass is 10.1. The lowest BCUT2D eigenvalue weighted by Crippen LogP contribution is -2.70. The van der Waals surface area contributed by atoms with Crippen LogP contribution in [-0.4, -0.2) is 68.6 Å². The molecule has 3 aliphatic rings. The Morgan fingerprint density at radius 3 is 1.69 bits per heavy atom. The third kappa shape index (κ3) is 0.971. The van der Waals surface area contributed by atoms with Crippen LogP contribution in [0.2, 0.25) is 0 Å². The van der Waals surface area contributed by atoms with Gasteiger partial charge in [0.15, 0.2) is 10.1 Å². The molecule has 3 rings (SSSR count). The van der Waals surface area contributed by atoms with Crippen molar-refractivity contribution < 1.29 is 10.1 Å². The summed E-state index contributed by atoms with van der Waals surface area (Å²) in [6, 6.07) is 0. The van der Waals surface area contributed by atoms with E-state index in [9.17, 15) is 20.2 Å². The molecule has 0 radical (unpaired) electrons. The second kappa shape index (κ2) is 2.71. The van der Waals surface area contributed by atoms with Crippen LogP contribution in [0.15, 0.2) is 0 Å². The van der Waals surface area contributed by atoms with Crippen LogP contribution in [0.3, 0.4) is 0 Å². The molecule has 3 saturated heterocycles. The molecule has 3 fully saturated rings. The summed E-state index contributed by atoms with van der Waals surface area (Å²) in [5.41, 5.74) is -0.514. The quantitative estimate of drug-likeness (QED) is 0.404. The van der Waals surface area contributed by atoms with E-state index in [4.69, 9.17) is 0 Å². The number of hydrazine groups is 2. The topological polar surface area (TPSA) is 99.2 Å². The van der Waals surface area contributed by atoms with E-state index in [0.717, 1.165) is 10.0 Å². The van der Waals surface area contributed by atoms with Gasteiger partial charge in [0, 0.05) is 0 Å². The number of nitro groups is 2. The predicted molar refractivity (Wildman–Crippen MR) is 48.4 cm³/mol. The maximum absolute atomic E-state index is 10.7. The van der Waals surface area contributed by atoms with Gasteiger partial charge in [0.2, 0.25) is 0 Å². The van der Waals surface area contributed by atoms with Crippen LogP contribution >= 0.6 is 0 Å². The van der Waals surface area contributed by atoms with Gasteiger partial charge in [-0.3, -0.25) is 0 Å². The Balaban J connectivity index is 1.79. The minimum Gasteiger partial charge on any atom is -0.246 e. The van der Waals surface area contributed by atoms with Crippen LogP contribution in [0.25, 0.3) is 0 Å². The normalized spacial score (nSPS) is 27.5. The molecule has 3 heterocycles. The van der Waals surface area contributed by atoms with Gasteiger partial charge in [-0.2, -0.15) is 0 Å². The molecule has 0 saturated carbocycles. The highest BCUT2D eigenvalue weighted by Gasteiger charge is 2.66. The van der Waals surface area contributed by atoms with Gasteiger partial charge in [0.25, 0.3) is 0 Å². The molecule has 0 bridgehead atoms. The third-order valence-corrected chi connectivity index (χ3v) is 3.52. The second-order valence-electron chi connectivity index (χ2n) is 4.29. The van der Waals surface area contributed by atoms with Crippen LogP contribution in [0.5, 0.6) is 0 Å². The molecule has 88 valence electrons. The average Bonchev–Trinajstić information content (AvgIpc) is 2.65. The van der Waals surface area contributed by atoms with Gasteiger partial charge in [-0.15, -0.1) is 10.0 Å². The monoisotopic (exact) mass is 230 g/mol. The zero-order valence-corrected chi connectivity index (χ0v) is 8.35. The highest BCUT2D eigenvalue weighted by Crippen LogP contribution is 2.41. The first-order valence-corrected chi connectivity index (χ1v) is 4.81. The smallest absolute Gasteiger partial charge is 0.161 e. The highest BCUT2D eigenvalue weighted by atomic mass is 16.7. The summed E-state index contributed by atoms with van der Waals surface area (Å²) in [6.07, 6.45) is 0. The molecular weight excluding hydrogens is 220 g/mol. The first-order chi connectivity index (χ1) is 7.53. The zero-order chi connectivity index (χ0) is 11.5. The number of hydrogen-bond donors (Lipinski definition) is 0. The molecule has 16 heavy (non-hydrogen) atoms. The Morgan fingerprint density at radius 2 is 1.31 bits per heavy atom. The number of rotatable bonds is 2. The van der Waals surface area contributed by atoms with Crippen molar-refractivity contribution in [3.63, 3.8) is 0 Å². The molecule has 0 aromatic carbocycles. The molecule has 10 heteroatoms. The molecule has 0 amide bonds. The summed E-state index contributed by atoms with van der Waals surface area (Å²) in [5.74, 6) is 0. The Bertz CT molecular complexity index is 340. The van der Waals surface area contributed by atoms with Crippen molar-refractivity contribution in [2.24, 2.45) is 0 Å². The number of nitrogens with zero attached hydrogens (tertiary/aromatic N) is 6. The van der Waals surface area contributed by atoms with Crippen LogP contribution in [0.4, 0.5) is 0 Å². The average molecular weight is 230 g/mol. The van der Waals surface area contributed by atoms with Gasteiger partial charge in [-0.05, 0) is 0 Å². The summed E-state index contributed by atoms with van der Waals surface area (Å²) >= 11 is 0. The van der Waals surface area contributed by atoms with E-state index in [2.05, 4.69) is 0 Å². The maximum atomic E-state index is 10.7. The standard InChI is InChI=1S/C6H10N6O4/c13-11(14)9-1-6-2-10(12(15)16)5-8(6)3-7(6)4-9/h1-5H2. The third-order valence-electron chi connectivity index (χ3n) is 3.52. The van der Waals surface area contributed by atoms with Gasteiger partial charge in [0.05, 0.1) is 6.67 Å². The fourth-order valence-corrected chi connectivity index (χ4v) is 2.69. The summed E-state index contributed by atoms with van der Waals surface area (Å²) < 4.78 is 0. The minimum atomic E-state index is -0.514. The molecule has 0 unspecified atom stereocenters. The first kappa shape index (κ1) is 9.54. The van der Waals surface area contributed by atoms with E-state index in [1.54, 1.807) is 0 Å². The molecule has 10 nitrogen and oxygen atoms in total. The van der Waals surface area contributed by atoms with E-state index in [-0.39, 0.29) is 26.4 Å². The Labute approximate surface area is 89.8 Å². The van der Waals surface area contributed by atoms with Crippen LogP contribution in [0, 0.1) is 20.2 Å². The molecule has 0 aliphatic carbocycles. The van der Waals surface area contributed by atoms with Crippen LogP contribution in [-0.2, 0) is 0 Å². The molecule has 0 atom stereocenters. The van der Waals surface area contributed by atoms with Gasteiger partial charge >= 0.3 is 0 Å². The largest absolute Gasteiger partial charge is 0.246 e. The van der Waals surface area contributed by atoms with Crippen molar-refractivity contribution in [3.05, 3.63) is 20.2 Å². The van der Waals surface area contributed by atoms with Crippen molar-refractivity contribution >= 4 is 0 Å². The van der Waals surface area contributed by atoms with E-state index >= 15 is 0 Å². The Hall–Kier alpha value is -1.68. The van der Waals surface area contributed by atoms with E-state index in [1.165, 1.54) is 0 Å². The van der Waals surface area contributed by atoms with Gasteiger partial charge in [-0.1, -0.05) is 0 Å².